The first-order chi connectivity index (χ1) is 15.7. The van der Waals surface area contributed by atoms with Crippen LogP contribution in [0.2, 0.25) is 0 Å². The van der Waals surface area contributed by atoms with Gasteiger partial charge in [-0.05, 0) is 24.3 Å². The summed E-state index contributed by atoms with van der Waals surface area (Å²) in [5.41, 5.74) is -0.242. The van der Waals surface area contributed by atoms with Gasteiger partial charge in [-0.1, -0.05) is 30.3 Å². The summed E-state index contributed by atoms with van der Waals surface area (Å²) in [5.74, 6) is -1.47. The first-order valence-corrected chi connectivity index (χ1v) is 10.3. The summed E-state index contributed by atoms with van der Waals surface area (Å²) in [6.07, 6.45) is -4.63. The van der Waals surface area contributed by atoms with Crippen molar-refractivity contribution >= 4 is 28.6 Å². The Kier molecular flexibility index (Phi) is 6.08. The van der Waals surface area contributed by atoms with E-state index < -0.39 is 29.1 Å². The van der Waals surface area contributed by atoms with Crippen LogP contribution in [0.15, 0.2) is 54.6 Å². The number of H-pyrrole nitrogens is 1. The Bertz CT molecular complexity index is 1160. The summed E-state index contributed by atoms with van der Waals surface area (Å²) in [6, 6.07) is 13.7. The second-order valence-corrected chi connectivity index (χ2v) is 7.67. The molecule has 1 saturated heterocycles. The van der Waals surface area contributed by atoms with Crippen molar-refractivity contribution in [1.29, 1.82) is 0 Å². The van der Waals surface area contributed by atoms with E-state index >= 15 is 0 Å². The molecule has 7 nitrogen and oxygen atoms in total. The fourth-order valence-electron chi connectivity index (χ4n) is 3.80. The van der Waals surface area contributed by atoms with Gasteiger partial charge in [0.1, 0.15) is 5.69 Å². The third-order valence-electron chi connectivity index (χ3n) is 5.56. The van der Waals surface area contributed by atoms with Gasteiger partial charge in [-0.25, -0.2) is 0 Å². The second kappa shape index (κ2) is 8.97. The molecule has 2 aromatic carbocycles. The van der Waals surface area contributed by atoms with Crippen LogP contribution in [0.3, 0.4) is 0 Å². The van der Waals surface area contributed by atoms with E-state index in [4.69, 9.17) is 0 Å². The van der Waals surface area contributed by atoms with E-state index in [-0.39, 0.29) is 38.6 Å². The number of hydrogen-bond acceptors (Lipinski definition) is 3. The largest absolute Gasteiger partial charge is 0.417 e. The highest BCUT2D eigenvalue weighted by Gasteiger charge is 2.36. The SMILES string of the molecule is O=C(NCC(=O)N1CCN(C(=O)c2ccccc2C(F)(F)F)CC1)c1cc2ccccc2[nH]1. The quantitative estimate of drug-likeness (QED) is 0.631. The lowest BCUT2D eigenvalue weighted by atomic mass is 10.1. The first-order valence-electron chi connectivity index (χ1n) is 10.3. The predicted molar refractivity (Wildman–Crippen MR) is 115 cm³/mol. The van der Waals surface area contributed by atoms with Gasteiger partial charge in [-0.2, -0.15) is 13.2 Å². The number of halogens is 3. The number of fused-ring (bicyclic) bond motifs is 1. The fourth-order valence-corrected chi connectivity index (χ4v) is 3.80. The molecule has 1 fully saturated rings. The molecule has 0 radical (unpaired) electrons. The number of piperazine rings is 1. The summed E-state index contributed by atoms with van der Waals surface area (Å²) in [6.45, 7) is 0.320. The zero-order valence-corrected chi connectivity index (χ0v) is 17.5. The van der Waals surface area contributed by atoms with Gasteiger partial charge in [0.05, 0.1) is 17.7 Å². The standard InChI is InChI=1S/C23H21F3N4O3/c24-23(25,26)17-7-3-2-6-16(17)22(33)30-11-9-29(10-12-30)20(31)14-27-21(32)19-13-15-5-1-4-8-18(15)28-19/h1-8,13,28H,9-12,14H2,(H,27,32). The number of benzene rings is 2. The molecule has 0 atom stereocenters. The highest BCUT2D eigenvalue weighted by molar-refractivity contribution is 5.99. The van der Waals surface area contributed by atoms with Crippen LogP contribution in [0.1, 0.15) is 26.4 Å². The highest BCUT2D eigenvalue weighted by atomic mass is 19.4. The summed E-state index contributed by atoms with van der Waals surface area (Å²) in [7, 11) is 0. The Hall–Kier alpha value is -3.82. The molecule has 1 aliphatic rings. The average Bonchev–Trinajstić information content (AvgIpc) is 3.26. The number of para-hydroxylation sites is 1. The number of carbonyl (C=O) groups excluding carboxylic acids is 3. The minimum absolute atomic E-state index is 0.104. The van der Waals surface area contributed by atoms with Gasteiger partial charge in [0.2, 0.25) is 5.91 Å². The number of rotatable bonds is 4. The summed E-state index contributed by atoms with van der Waals surface area (Å²) >= 11 is 0. The van der Waals surface area contributed by atoms with Crippen LogP contribution >= 0.6 is 0 Å². The molecular weight excluding hydrogens is 437 g/mol. The number of amides is 3. The Morgan fingerprint density at radius 1 is 0.909 bits per heavy atom. The number of carbonyl (C=O) groups is 3. The molecule has 3 amide bonds. The maximum Gasteiger partial charge on any atom is 0.417 e. The van der Waals surface area contributed by atoms with E-state index in [0.29, 0.717) is 5.69 Å². The number of aromatic nitrogens is 1. The topological polar surface area (TPSA) is 85.5 Å². The van der Waals surface area contributed by atoms with E-state index in [0.717, 1.165) is 23.0 Å². The molecule has 4 rings (SSSR count). The van der Waals surface area contributed by atoms with Crippen LogP contribution in [-0.2, 0) is 11.0 Å². The minimum atomic E-state index is -4.63. The van der Waals surface area contributed by atoms with E-state index in [2.05, 4.69) is 10.3 Å². The van der Waals surface area contributed by atoms with Gasteiger partial charge in [0, 0.05) is 37.1 Å². The van der Waals surface area contributed by atoms with Gasteiger partial charge in [0.15, 0.2) is 0 Å². The van der Waals surface area contributed by atoms with Crippen molar-refractivity contribution in [3.8, 4) is 0 Å². The minimum Gasteiger partial charge on any atom is -0.351 e. The lowest BCUT2D eigenvalue weighted by Crippen LogP contribution is -2.52. The number of aromatic amines is 1. The van der Waals surface area contributed by atoms with Crippen molar-refractivity contribution in [2.75, 3.05) is 32.7 Å². The van der Waals surface area contributed by atoms with Gasteiger partial charge in [0.25, 0.3) is 11.8 Å². The Morgan fingerprint density at radius 3 is 2.24 bits per heavy atom. The summed E-state index contributed by atoms with van der Waals surface area (Å²) < 4.78 is 39.6. The lowest BCUT2D eigenvalue weighted by molar-refractivity contribution is -0.138. The molecular formula is C23H21F3N4O3. The second-order valence-electron chi connectivity index (χ2n) is 7.67. The third kappa shape index (κ3) is 4.84. The molecule has 0 bridgehead atoms. The fraction of sp³-hybridized carbons (Fsp3) is 0.261. The molecule has 3 aromatic rings. The zero-order chi connectivity index (χ0) is 23.6. The molecule has 1 aromatic heterocycles. The van der Waals surface area contributed by atoms with Crippen molar-refractivity contribution in [2.45, 2.75) is 6.18 Å². The zero-order valence-electron chi connectivity index (χ0n) is 17.5. The summed E-state index contributed by atoms with van der Waals surface area (Å²) in [5, 5.41) is 3.45. The molecule has 2 heterocycles. The number of hydrogen-bond donors (Lipinski definition) is 2. The number of nitrogens with zero attached hydrogens (tertiary/aromatic N) is 2. The van der Waals surface area contributed by atoms with Gasteiger partial charge < -0.3 is 20.1 Å². The Morgan fingerprint density at radius 2 is 1.55 bits per heavy atom. The van der Waals surface area contributed by atoms with Crippen LogP contribution in [-0.4, -0.2) is 65.2 Å². The van der Waals surface area contributed by atoms with Gasteiger partial charge >= 0.3 is 6.18 Å². The third-order valence-corrected chi connectivity index (χ3v) is 5.56. The van der Waals surface area contributed by atoms with E-state index in [1.165, 1.54) is 21.9 Å². The van der Waals surface area contributed by atoms with Crippen molar-refractivity contribution in [3.05, 3.63) is 71.4 Å². The Balaban J connectivity index is 1.31. The normalized spacial score (nSPS) is 14.4. The maximum atomic E-state index is 13.2. The monoisotopic (exact) mass is 458 g/mol. The molecule has 172 valence electrons. The average molecular weight is 458 g/mol. The van der Waals surface area contributed by atoms with E-state index in [1.54, 1.807) is 6.07 Å². The van der Waals surface area contributed by atoms with Crippen LogP contribution in [0.25, 0.3) is 10.9 Å². The van der Waals surface area contributed by atoms with Crippen LogP contribution in [0.4, 0.5) is 13.2 Å². The van der Waals surface area contributed by atoms with Gasteiger partial charge in [-0.15, -0.1) is 0 Å². The van der Waals surface area contributed by atoms with Crippen molar-refractivity contribution in [3.63, 3.8) is 0 Å². The van der Waals surface area contributed by atoms with Crippen LogP contribution < -0.4 is 5.32 Å². The predicted octanol–water partition coefficient (Wildman–Crippen LogP) is 2.90. The van der Waals surface area contributed by atoms with Crippen LogP contribution in [0, 0.1) is 0 Å². The lowest BCUT2D eigenvalue weighted by Gasteiger charge is -2.35. The smallest absolute Gasteiger partial charge is 0.351 e. The molecule has 1 aliphatic heterocycles. The maximum absolute atomic E-state index is 13.2. The molecule has 10 heteroatoms. The molecule has 0 spiro atoms. The van der Waals surface area contributed by atoms with Crippen molar-refractivity contribution in [2.24, 2.45) is 0 Å². The van der Waals surface area contributed by atoms with E-state index in [9.17, 15) is 27.6 Å². The molecule has 0 saturated carbocycles. The van der Waals surface area contributed by atoms with E-state index in [1.807, 2.05) is 24.3 Å². The number of alkyl halides is 3. The Labute approximate surface area is 187 Å². The summed E-state index contributed by atoms with van der Waals surface area (Å²) in [4.78, 5) is 43.3. The van der Waals surface area contributed by atoms with Gasteiger partial charge in [-0.3, -0.25) is 14.4 Å². The highest BCUT2D eigenvalue weighted by Crippen LogP contribution is 2.32. The molecule has 0 unspecified atom stereocenters. The molecule has 0 aliphatic carbocycles. The number of nitrogens with one attached hydrogen (secondary N) is 2. The molecule has 33 heavy (non-hydrogen) atoms. The molecule has 2 N–H and O–H groups in total. The van der Waals surface area contributed by atoms with Crippen LogP contribution in [0.5, 0.6) is 0 Å². The van der Waals surface area contributed by atoms with Crippen molar-refractivity contribution in [1.82, 2.24) is 20.1 Å². The first kappa shape index (κ1) is 22.4. The van der Waals surface area contributed by atoms with Crippen molar-refractivity contribution < 1.29 is 27.6 Å².